The van der Waals surface area contributed by atoms with E-state index in [9.17, 15) is 13.2 Å². The predicted molar refractivity (Wildman–Crippen MR) is 109 cm³/mol. The van der Waals surface area contributed by atoms with Crippen LogP contribution in [-0.2, 0) is 21.2 Å². The summed E-state index contributed by atoms with van der Waals surface area (Å²) in [5, 5.41) is 2.69. The number of aromatic nitrogens is 1. The lowest BCUT2D eigenvalue weighted by Gasteiger charge is -2.10. The van der Waals surface area contributed by atoms with Gasteiger partial charge in [-0.25, -0.2) is 8.42 Å². The quantitative estimate of drug-likeness (QED) is 0.696. The Hall–Kier alpha value is -3.45. The number of nitrogens with zero attached hydrogens (tertiary/aromatic N) is 1. The molecule has 3 aromatic rings. The van der Waals surface area contributed by atoms with Crippen LogP contribution in [0.4, 0.5) is 11.4 Å². The van der Waals surface area contributed by atoms with E-state index in [4.69, 9.17) is 0 Å². The minimum absolute atomic E-state index is 0.122. The highest BCUT2D eigenvalue weighted by Crippen LogP contribution is 2.27. The average molecular weight is 391 g/mol. The zero-order valence-electron chi connectivity index (χ0n) is 14.8. The fourth-order valence-corrected chi connectivity index (χ4v) is 4.05. The van der Waals surface area contributed by atoms with Crippen LogP contribution in [0.25, 0.3) is 12.2 Å². The van der Waals surface area contributed by atoms with Gasteiger partial charge in [0.25, 0.3) is 10.0 Å². The Morgan fingerprint density at radius 1 is 1.00 bits per heavy atom. The van der Waals surface area contributed by atoms with Crippen molar-refractivity contribution < 1.29 is 13.2 Å². The molecule has 4 rings (SSSR count). The van der Waals surface area contributed by atoms with Gasteiger partial charge >= 0.3 is 0 Å². The number of anilines is 2. The topological polar surface area (TPSA) is 88.2 Å². The number of hydrogen-bond acceptors (Lipinski definition) is 4. The molecule has 0 saturated heterocycles. The molecule has 1 aliphatic heterocycles. The van der Waals surface area contributed by atoms with E-state index in [-0.39, 0.29) is 17.2 Å². The predicted octanol–water partition coefficient (Wildman–Crippen LogP) is 3.55. The minimum Gasteiger partial charge on any atom is -0.326 e. The van der Waals surface area contributed by atoms with Gasteiger partial charge in [-0.15, -0.1) is 0 Å². The first-order chi connectivity index (χ1) is 13.5. The van der Waals surface area contributed by atoms with Gasteiger partial charge in [-0.3, -0.25) is 14.5 Å². The third kappa shape index (κ3) is 3.94. The number of nitrogens with one attached hydrogen (secondary N) is 2. The van der Waals surface area contributed by atoms with Gasteiger partial charge in [0.15, 0.2) is 0 Å². The highest BCUT2D eigenvalue weighted by Gasteiger charge is 2.21. The van der Waals surface area contributed by atoms with Crippen LogP contribution in [-0.4, -0.2) is 19.3 Å². The molecule has 0 unspecified atom stereocenters. The molecule has 7 heteroatoms. The molecular formula is C21H17N3O3S. The zero-order valence-corrected chi connectivity index (χ0v) is 15.6. The summed E-state index contributed by atoms with van der Waals surface area (Å²) in [6.45, 7) is 0. The number of hydrogen-bond donors (Lipinski definition) is 2. The Morgan fingerprint density at radius 3 is 2.71 bits per heavy atom. The summed E-state index contributed by atoms with van der Waals surface area (Å²) < 4.78 is 28.1. The molecule has 2 aromatic carbocycles. The van der Waals surface area contributed by atoms with Crippen LogP contribution >= 0.6 is 0 Å². The SMILES string of the molecule is O=C1Cc2cc(S(=O)(=O)Nc3cccc(C=Cc4ccccn4)c3)ccc2N1. The smallest absolute Gasteiger partial charge is 0.261 e. The van der Waals surface area contributed by atoms with E-state index in [0.717, 1.165) is 11.3 Å². The van der Waals surface area contributed by atoms with Crippen LogP contribution in [0.15, 0.2) is 71.8 Å². The van der Waals surface area contributed by atoms with Crippen molar-refractivity contribution in [1.82, 2.24) is 4.98 Å². The van der Waals surface area contributed by atoms with Crippen molar-refractivity contribution >= 4 is 39.5 Å². The Balaban J connectivity index is 1.55. The first kappa shape index (κ1) is 17.9. The summed E-state index contributed by atoms with van der Waals surface area (Å²) in [5.41, 5.74) is 3.45. The molecule has 2 N–H and O–H groups in total. The molecule has 0 bridgehead atoms. The third-order valence-electron chi connectivity index (χ3n) is 4.29. The molecule has 28 heavy (non-hydrogen) atoms. The largest absolute Gasteiger partial charge is 0.326 e. The summed E-state index contributed by atoms with van der Waals surface area (Å²) >= 11 is 0. The second kappa shape index (κ2) is 7.28. The van der Waals surface area contributed by atoms with Gasteiger partial charge in [-0.05, 0) is 59.7 Å². The standard InChI is InChI=1S/C21H17N3O3S/c25-21-14-16-13-19(9-10-20(16)23-21)28(26,27)24-18-6-3-4-15(12-18)7-8-17-5-1-2-11-22-17/h1-13,24H,14H2,(H,23,25). The summed E-state index contributed by atoms with van der Waals surface area (Å²) in [6.07, 6.45) is 5.63. The number of sulfonamides is 1. The van der Waals surface area contributed by atoms with Crippen LogP contribution in [0, 0.1) is 0 Å². The molecule has 0 atom stereocenters. The van der Waals surface area contributed by atoms with E-state index in [0.29, 0.717) is 16.9 Å². The molecule has 2 heterocycles. The normalized spacial score (nSPS) is 13.4. The number of pyridine rings is 1. The van der Waals surface area contributed by atoms with Crippen LogP contribution in [0.2, 0.25) is 0 Å². The number of benzene rings is 2. The summed E-state index contributed by atoms with van der Waals surface area (Å²) in [6, 6.07) is 17.3. The molecule has 140 valence electrons. The Morgan fingerprint density at radius 2 is 1.89 bits per heavy atom. The molecule has 0 aliphatic carbocycles. The first-order valence-electron chi connectivity index (χ1n) is 8.64. The van der Waals surface area contributed by atoms with Crippen molar-refractivity contribution in [3.8, 4) is 0 Å². The summed E-state index contributed by atoms with van der Waals surface area (Å²) in [5.74, 6) is -0.134. The lowest BCUT2D eigenvalue weighted by molar-refractivity contribution is -0.115. The van der Waals surface area contributed by atoms with Crippen molar-refractivity contribution in [3.63, 3.8) is 0 Å². The maximum Gasteiger partial charge on any atom is 0.261 e. The van der Waals surface area contributed by atoms with Crippen LogP contribution in [0.1, 0.15) is 16.8 Å². The van der Waals surface area contributed by atoms with Gasteiger partial charge < -0.3 is 5.32 Å². The van der Waals surface area contributed by atoms with Gasteiger partial charge in [-0.1, -0.05) is 24.3 Å². The van der Waals surface area contributed by atoms with Crippen molar-refractivity contribution in [2.24, 2.45) is 0 Å². The van der Waals surface area contributed by atoms with Crippen LogP contribution in [0.3, 0.4) is 0 Å². The van der Waals surface area contributed by atoms with E-state index >= 15 is 0 Å². The Bertz CT molecular complexity index is 1170. The number of rotatable bonds is 5. The van der Waals surface area contributed by atoms with E-state index in [1.54, 1.807) is 30.5 Å². The van der Waals surface area contributed by atoms with Crippen molar-refractivity contribution in [2.45, 2.75) is 11.3 Å². The summed E-state index contributed by atoms with van der Waals surface area (Å²) in [7, 11) is -3.76. The maximum absolute atomic E-state index is 12.7. The monoisotopic (exact) mass is 391 g/mol. The third-order valence-corrected chi connectivity index (χ3v) is 5.66. The average Bonchev–Trinajstić information content (AvgIpc) is 3.06. The van der Waals surface area contributed by atoms with Gasteiger partial charge in [0.05, 0.1) is 17.0 Å². The lowest BCUT2D eigenvalue weighted by Crippen LogP contribution is -2.13. The molecule has 1 amide bonds. The van der Waals surface area contributed by atoms with E-state index in [1.165, 1.54) is 12.1 Å². The lowest BCUT2D eigenvalue weighted by atomic mass is 10.2. The van der Waals surface area contributed by atoms with E-state index in [1.807, 2.05) is 36.4 Å². The molecule has 0 spiro atoms. The molecular weight excluding hydrogens is 374 g/mol. The molecule has 0 fully saturated rings. The number of carbonyl (C=O) groups is 1. The van der Waals surface area contributed by atoms with Crippen LogP contribution < -0.4 is 10.0 Å². The second-order valence-corrected chi connectivity index (χ2v) is 8.05. The number of carbonyl (C=O) groups excluding carboxylic acids is 1. The van der Waals surface area contributed by atoms with Gasteiger partial charge in [0, 0.05) is 17.6 Å². The summed E-state index contributed by atoms with van der Waals surface area (Å²) in [4.78, 5) is 15.8. The van der Waals surface area contributed by atoms with Crippen molar-refractivity contribution in [2.75, 3.05) is 10.0 Å². The van der Waals surface area contributed by atoms with E-state index in [2.05, 4.69) is 15.0 Å². The first-order valence-corrected chi connectivity index (χ1v) is 10.1. The van der Waals surface area contributed by atoms with E-state index < -0.39 is 10.0 Å². The minimum atomic E-state index is -3.76. The van der Waals surface area contributed by atoms with Gasteiger partial charge in [0.1, 0.15) is 0 Å². The molecule has 6 nitrogen and oxygen atoms in total. The second-order valence-electron chi connectivity index (χ2n) is 6.36. The molecule has 1 aromatic heterocycles. The highest BCUT2D eigenvalue weighted by molar-refractivity contribution is 7.92. The molecule has 0 saturated carbocycles. The van der Waals surface area contributed by atoms with Gasteiger partial charge in [-0.2, -0.15) is 0 Å². The zero-order chi connectivity index (χ0) is 19.6. The highest BCUT2D eigenvalue weighted by atomic mass is 32.2. The number of fused-ring (bicyclic) bond motifs is 1. The van der Waals surface area contributed by atoms with Crippen molar-refractivity contribution in [3.05, 3.63) is 83.7 Å². The van der Waals surface area contributed by atoms with Crippen molar-refractivity contribution in [1.29, 1.82) is 0 Å². The number of amides is 1. The fourth-order valence-electron chi connectivity index (χ4n) is 2.95. The molecule has 1 aliphatic rings. The molecule has 0 radical (unpaired) electrons. The van der Waals surface area contributed by atoms with Crippen LogP contribution in [0.5, 0.6) is 0 Å². The van der Waals surface area contributed by atoms with Gasteiger partial charge in [0.2, 0.25) is 5.91 Å². The fraction of sp³-hybridized carbons (Fsp3) is 0.0476. The Labute approximate surface area is 163 Å². The Kier molecular flexibility index (Phi) is 4.67. The maximum atomic E-state index is 12.7.